The first-order valence-electron chi connectivity index (χ1n) is 12.2. The van der Waals surface area contributed by atoms with Crippen molar-refractivity contribution >= 4 is 23.6 Å². The highest BCUT2D eigenvalue weighted by atomic mass is 19.1. The normalized spacial score (nSPS) is 19.6. The number of hydrogen-bond acceptors (Lipinski definition) is 5. The van der Waals surface area contributed by atoms with Crippen molar-refractivity contribution in [1.82, 2.24) is 15.6 Å². The van der Waals surface area contributed by atoms with Crippen LogP contribution in [0.2, 0.25) is 0 Å². The second-order valence-corrected chi connectivity index (χ2v) is 9.38. The number of guanidine groups is 1. The van der Waals surface area contributed by atoms with Crippen molar-refractivity contribution in [2.24, 2.45) is 22.7 Å². The van der Waals surface area contributed by atoms with Gasteiger partial charge in [0.1, 0.15) is 5.75 Å². The van der Waals surface area contributed by atoms with Gasteiger partial charge >= 0.3 is 12.0 Å². The van der Waals surface area contributed by atoms with Crippen LogP contribution in [0.4, 0.5) is 14.9 Å². The van der Waals surface area contributed by atoms with Gasteiger partial charge in [0.15, 0.2) is 0 Å². The number of anilines is 1. The number of urea groups is 1. The summed E-state index contributed by atoms with van der Waals surface area (Å²) in [5, 5.41) is 17.7. The largest absolute Gasteiger partial charge is 0.481 e. The number of aliphatic carboxylic acids is 1. The molecule has 0 radical (unpaired) electrons. The van der Waals surface area contributed by atoms with E-state index in [1.165, 1.54) is 31.9 Å². The summed E-state index contributed by atoms with van der Waals surface area (Å²) in [6.45, 7) is 6.00. The van der Waals surface area contributed by atoms with Crippen molar-refractivity contribution in [1.29, 1.82) is 0 Å². The standard InChI is InChI=1S/C26H34FN5O4/c1-16-7-9-19(10-8-16)15-28-25(32-26(35)29-18(3)17(2)24(33)34)30-20-11-13-21(14-12-20)36-23-6-4-5-22(27)31-23/h4-6,11-14,16-19H,7-10,15H2,1-3H3,(H,33,34)(H3,28,29,30,32,35)/t16?,17-,18+,19?/m1/s1. The molecule has 2 atom stereocenters. The molecule has 2 aromatic rings. The van der Waals surface area contributed by atoms with E-state index in [1.807, 2.05) is 0 Å². The fraction of sp³-hybridized carbons (Fsp3) is 0.462. The third-order valence-electron chi connectivity index (χ3n) is 6.40. The number of carboxylic acids is 1. The van der Waals surface area contributed by atoms with Gasteiger partial charge in [-0.15, -0.1) is 0 Å². The fourth-order valence-corrected chi connectivity index (χ4v) is 3.84. The lowest BCUT2D eigenvalue weighted by molar-refractivity contribution is -0.141. The summed E-state index contributed by atoms with van der Waals surface area (Å²) in [5.41, 5.74) is 0.651. The molecule has 0 bridgehead atoms. The maximum absolute atomic E-state index is 13.3. The van der Waals surface area contributed by atoms with Crippen LogP contribution in [0.5, 0.6) is 11.6 Å². The van der Waals surface area contributed by atoms with Crippen LogP contribution in [-0.4, -0.2) is 40.6 Å². The third kappa shape index (κ3) is 8.51. The molecule has 1 fully saturated rings. The molecule has 0 spiro atoms. The number of rotatable bonds is 8. The van der Waals surface area contributed by atoms with E-state index in [1.54, 1.807) is 37.3 Å². The van der Waals surface area contributed by atoms with Crippen LogP contribution in [-0.2, 0) is 4.79 Å². The van der Waals surface area contributed by atoms with E-state index in [-0.39, 0.29) is 11.8 Å². The lowest BCUT2D eigenvalue weighted by atomic mass is 9.83. The van der Waals surface area contributed by atoms with E-state index >= 15 is 0 Å². The monoisotopic (exact) mass is 499 g/mol. The minimum Gasteiger partial charge on any atom is -0.481 e. The van der Waals surface area contributed by atoms with E-state index in [9.17, 15) is 19.1 Å². The summed E-state index contributed by atoms with van der Waals surface area (Å²) in [6, 6.07) is 10.0. The van der Waals surface area contributed by atoms with Gasteiger partial charge in [0, 0.05) is 24.3 Å². The molecule has 1 aliphatic rings. The average Bonchev–Trinajstić information content (AvgIpc) is 2.84. The Hall–Kier alpha value is -3.69. The molecule has 194 valence electrons. The zero-order chi connectivity index (χ0) is 26.1. The molecule has 0 aliphatic heterocycles. The highest BCUT2D eigenvalue weighted by Crippen LogP contribution is 2.28. The van der Waals surface area contributed by atoms with Crippen LogP contribution in [0.15, 0.2) is 47.5 Å². The highest BCUT2D eigenvalue weighted by Gasteiger charge is 2.22. The first-order chi connectivity index (χ1) is 17.2. The van der Waals surface area contributed by atoms with Crippen LogP contribution in [0.25, 0.3) is 0 Å². The summed E-state index contributed by atoms with van der Waals surface area (Å²) in [7, 11) is 0. The zero-order valence-corrected chi connectivity index (χ0v) is 20.8. The number of aliphatic imine (C=N–C) groups is 1. The van der Waals surface area contributed by atoms with E-state index < -0.39 is 29.9 Å². The van der Waals surface area contributed by atoms with Gasteiger partial charge in [0.2, 0.25) is 17.8 Å². The molecule has 3 rings (SSSR count). The second kappa shape index (κ2) is 12.9. The van der Waals surface area contributed by atoms with Gasteiger partial charge in [-0.25, -0.2) is 4.79 Å². The van der Waals surface area contributed by atoms with Crippen molar-refractivity contribution < 1.29 is 23.8 Å². The van der Waals surface area contributed by atoms with Crippen LogP contribution < -0.4 is 20.7 Å². The van der Waals surface area contributed by atoms with Crippen LogP contribution in [0.3, 0.4) is 0 Å². The Bertz CT molecular complexity index is 1050. The number of pyridine rings is 1. The number of nitrogens with zero attached hydrogens (tertiary/aromatic N) is 2. The topological polar surface area (TPSA) is 125 Å². The number of carboxylic acid groups (broad SMARTS) is 1. The second-order valence-electron chi connectivity index (χ2n) is 9.38. The zero-order valence-electron chi connectivity index (χ0n) is 20.8. The molecule has 2 amide bonds. The smallest absolute Gasteiger partial charge is 0.321 e. The predicted octanol–water partition coefficient (Wildman–Crippen LogP) is 5.02. The third-order valence-corrected chi connectivity index (χ3v) is 6.40. The first-order valence-corrected chi connectivity index (χ1v) is 12.2. The molecule has 0 unspecified atom stereocenters. The van der Waals surface area contributed by atoms with Crippen LogP contribution >= 0.6 is 0 Å². The Morgan fingerprint density at radius 3 is 2.47 bits per heavy atom. The van der Waals surface area contributed by atoms with Gasteiger partial charge in [0.05, 0.1) is 5.92 Å². The molecular weight excluding hydrogens is 465 g/mol. The van der Waals surface area contributed by atoms with E-state index in [4.69, 9.17) is 4.74 Å². The molecule has 36 heavy (non-hydrogen) atoms. The number of carbonyl (C=O) groups is 2. The van der Waals surface area contributed by atoms with Gasteiger partial charge in [-0.3, -0.25) is 15.1 Å². The molecule has 4 N–H and O–H groups in total. The molecule has 1 aromatic heterocycles. The van der Waals surface area contributed by atoms with Crippen molar-refractivity contribution in [2.75, 3.05) is 11.9 Å². The molecule has 1 aromatic carbocycles. The van der Waals surface area contributed by atoms with Crippen LogP contribution in [0, 0.1) is 23.7 Å². The van der Waals surface area contributed by atoms with Gasteiger partial charge < -0.3 is 20.5 Å². The SMILES string of the molecule is CC1CCC(CN=C(NC(=O)N[C@@H](C)[C@@H](C)C(=O)O)Nc2ccc(Oc3cccc(F)n3)cc2)CC1. The van der Waals surface area contributed by atoms with Gasteiger partial charge in [-0.05, 0) is 68.9 Å². The Kier molecular flexibility index (Phi) is 9.61. The first kappa shape index (κ1) is 26.9. The van der Waals surface area contributed by atoms with E-state index in [0.717, 1.165) is 18.8 Å². The quantitative estimate of drug-likeness (QED) is 0.230. The molecular formula is C26H34FN5O4. The average molecular weight is 500 g/mol. The minimum absolute atomic E-state index is 0.141. The van der Waals surface area contributed by atoms with Crippen molar-refractivity contribution in [3.63, 3.8) is 0 Å². The molecule has 0 saturated heterocycles. The summed E-state index contributed by atoms with van der Waals surface area (Å²) in [5.74, 6) is -0.308. The summed E-state index contributed by atoms with van der Waals surface area (Å²) >= 11 is 0. The van der Waals surface area contributed by atoms with Gasteiger partial charge in [-0.1, -0.05) is 25.8 Å². The maximum Gasteiger partial charge on any atom is 0.321 e. The van der Waals surface area contributed by atoms with Crippen molar-refractivity contribution in [3.8, 4) is 11.6 Å². The molecule has 1 heterocycles. The molecule has 9 nitrogen and oxygen atoms in total. The maximum atomic E-state index is 13.3. The molecule has 10 heteroatoms. The number of ether oxygens (including phenoxy) is 1. The number of halogens is 1. The molecule has 1 aliphatic carbocycles. The summed E-state index contributed by atoms with van der Waals surface area (Å²) in [4.78, 5) is 32.1. The van der Waals surface area contributed by atoms with Gasteiger partial charge in [0.25, 0.3) is 0 Å². The molecule has 1 saturated carbocycles. The Morgan fingerprint density at radius 1 is 1.14 bits per heavy atom. The fourth-order valence-electron chi connectivity index (χ4n) is 3.84. The summed E-state index contributed by atoms with van der Waals surface area (Å²) in [6.07, 6.45) is 4.53. The van der Waals surface area contributed by atoms with Crippen LogP contribution in [0.1, 0.15) is 46.5 Å². The Balaban J connectivity index is 1.66. The Labute approximate surface area is 210 Å². The predicted molar refractivity (Wildman–Crippen MR) is 136 cm³/mol. The lowest BCUT2D eigenvalue weighted by Gasteiger charge is -2.25. The highest BCUT2D eigenvalue weighted by molar-refractivity contribution is 6.03. The number of carbonyl (C=O) groups excluding carboxylic acids is 1. The van der Waals surface area contributed by atoms with E-state index in [0.29, 0.717) is 23.9 Å². The van der Waals surface area contributed by atoms with E-state index in [2.05, 4.69) is 32.9 Å². The lowest BCUT2D eigenvalue weighted by Crippen LogP contribution is -2.48. The number of hydrogen-bond donors (Lipinski definition) is 4. The van der Waals surface area contributed by atoms with Crippen molar-refractivity contribution in [2.45, 2.75) is 52.5 Å². The van der Waals surface area contributed by atoms with Crippen molar-refractivity contribution in [3.05, 3.63) is 48.4 Å². The Morgan fingerprint density at radius 2 is 1.83 bits per heavy atom. The minimum atomic E-state index is -0.989. The number of amides is 2. The summed E-state index contributed by atoms with van der Waals surface area (Å²) < 4.78 is 18.9. The van der Waals surface area contributed by atoms with Gasteiger partial charge in [-0.2, -0.15) is 9.37 Å². The number of benzene rings is 1. The number of aromatic nitrogens is 1. The number of nitrogens with one attached hydrogen (secondary N) is 3.